The van der Waals surface area contributed by atoms with Crippen LogP contribution in [0.1, 0.15) is 51.7 Å². The number of methoxy groups -OCH3 is 2. The Morgan fingerprint density at radius 2 is 1.91 bits per heavy atom. The molecule has 2 fully saturated rings. The quantitative estimate of drug-likeness (QED) is 0.728. The van der Waals surface area contributed by atoms with Gasteiger partial charge in [-0.05, 0) is 56.8 Å². The highest BCUT2D eigenvalue weighted by Gasteiger charge is 2.80. The zero-order chi connectivity index (χ0) is 22.9. The van der Waals surface area contributed by atoms with E-state index in [-0.39, 0.29) is 28.3 Å². The van der Waals surface area contributed by atoms with Crippen molar-refractivity contribution in [1.82, 2.24) is 4.90 Å². The molecule has 174 valence electrons. The van der Waals surface area contributed by atoms with Crippen molar-refractivity contribution in [3.05, 3.63) is 35.4 Å². The van der Waals surface area contributed by atoms with Gasteiger partial charge in [-0.15, -0.1) is 0 Å². The second-order valence-electron chi connectivity index (χ2n) is 12.1. The number of piperidine rings is 1. The summed E-state index contributed by atoms with van der Waals surface area (Å²) in [7, 11) is 5.79. The summed E-state index contributed by atoms with van der Waals surface area (Å²) in [6, 6.07) is 4.69. The maximum absolute atomic E-state index is 12.1. The smallest absolute Gasteiger partial charge is 0.166 e. The average molecular weight is 440 g/mol. The van der Waals surface area contributed by atoms with Crippen molar-refractivity contribution in [3.63, 3.8) is 0 Å². The number of fused-ring (bicyclic) bond motifs is 1. The molecular formula is C27H37NO4. The van der Waals surface area contributed by atoms with Crippen LogP contribution in [-0.2, 0) is 16.6 Å². The minimum atomic E-state index is -0.933. The fourth-order valence-electron chi connectivity index (χ4n) is 8.37. The highest BCUT2D eigenvalue weighted by molar-refractivity contribution is 5.65. The molecular weight excluding hydrogens is 402 g/mol. The molecule has 6 aliphatic rings. The molecule has 7 rings (SSSR count). The predicted octanol–water partition coefficient (Wildman–Crippen LogP) is 3.71. The van der Waals surface area contributed by atoms with Gasteiger partial charge in [-0.1, -0.05) is 39.0 Å². The summed E-state index contributed by atoms with van der Waals surface area (Å²) in [5.41, 5.74) is 0.548. The van der Waals surface area contributed by atoms with Gasteiger partial charge >= 0.3 is 0 Å². The average Bonchev–Trinajstić information content (AvgIpc) is 3.12. The fourth-order valence-corrected chi connectivity index (χ4v) is 8.37. The van der Waals surface area contributed by atoms with Gasteiger partial charge in [-0.25, -0.2) is 0 Å². The fraction of sp³-hybridized carbons (Fsp3) is 0.704. The van der Waals surface area contributed by atoms with Crippen LogP contribution in [0.2, 0.25) is 0 Å². The summed E-state index contributed by atoms with van der Waals surface area (Å²) >= 11 is 0. The summed E-state index contributed by atoms with van der Waals surface area (Å²) in [5.74, 6) is 1.63. The van der Waals surface area contributed by atoms with Crippen LogP contribution >= 0.6 is 0 Å². The van der Waals surface area contributed by atoms with Crippen molar-refractivity contribution >= 4 is 0 Å². The standard InChI is InChI=1S/C27H37NO4/c1-23(2,3)24(4,29)18-15-25-10-11-27(18,31-7)22-26(25)12-13-28(5)19(25)14-16-8-9-17(30-6)21(32-22)20(16)26/h8-11,18-19,22,29H,12-15H2,1-7H3/t18-,19-,22-,24?,25?,26+,27+/m1/s1. The molecule has 5 heteroatoms. The predicted molar refractivity (Wildman–Crippen MR) is 123 cm³/mol. The van der Waals surface area contributed by atoms with Crippen molar-refractivity contribution in [2.24, 2.45) is 16.7 Å². The first-order chi connectivity index (χ1) is 15.0. The van der Waals surface area contributed by atoms with Gasteiger partial charge in [0.2, 0.25) is 0 Å². The van der Waals surface area contributed by atoms with Crippen LogP contribution in [0.3, 0.4) is 0 Å². The molecule has 0 aromatic heterocycles. The van der Waals surface area contributed by atoms with Crippen molar-refractivity contribution in [1.29, 1.82) is 0 Å². The van der Waals surface area contributed by atoms with Crippen molar-refractivity contribution < 1.29 is 19.3 Å². The summed E-state index contributed by atoms with van der Waals surface area (Å²) in [5, 5.41) is 12.1. The molecule has 5 nitrogen and oxygen atoms in total. The van der Waals surface area contributed by atoms with E-state index in [2.05, 4.69) is 57.0 Å². The number of likely N-dealkylation sites (tertiary alicyclic amines) is 1. The van der Waals surface area contributed by atoms with Gasteiger partial charge in [0.1, 0.15) is 11.7 Å². The molecule has 1 saturated carbocycles. The van der Waals surface area contributed by atoms with Crippen molar-refractivity contribution in [2.75, 3.05) is 27.8 Å². The molecule has 2 spiro atoms. The van der Waals surface area contributed by atoms with Crippen molar-refractivity contribution in [3.8, 4) is 11.5 Å². The van der Waals surface area contributed by atoms with E-state index in [1.165, 1.54) is 11.1 Å². The Balaban J connectivity index is 1.67. The number of ether oxygens (including phenoxy) is 3. The van der Waals surface area contributed by atoms with Crippen LogP contribution in [0.25, 0.3) is 0 Å². The van der Waals surface area contributed by atoms with Gasteiger partial charge in [-0.2, -0.15) is 0 Å². The van der Waals surface area contributed by atoms with E-state index in [1.54, 1.807) is 14.2 Å². The molecule has 1 saturated heterocycles. The largest absolute Gasteiger partial charge is 0.493 e. The van der Waals surface area contributed by atoms with Crippen LogP contribution in [-0.4, -0.2) is 61.2 Å². The summed E-state index contributed by atoms with van der Waals surface area (Å²) in [6.07, 6.45) is 7.46. The first-order valence-electron chi connectivity index (χ1n) is 12.1. The Morgan fingerprint density at radius 3 is 2.56 bits per heavy atom. The minimum Gasteiger partial charge on any atom is -0.493 e. The Kier molecular flexibility index (Phi) is 3.88. The third-order valence-corrected chi connectivity index (χ3v) is 10.5. The zero-order valence-corrected chi connectivity index (χ0v) is 20.5. The summed E-state index contributed by atoms with van der Waals surface area (Å²) < 4.78 is 19.2. The third-order valence-electron chi connectivity index (χ3n) is 10.5. The second-order valence-corrected chi connectivity index (χ2v) is 12.1. The second kappa shape index (κ2) is 5.92. The third kappa shape index (κ3) is 1.96. The molecule has 1 aromatic carbocycles. The molecule has 1 N–H and O–H groups in total. The monoisotopic (exact) mass is 439 g/mol. The normalized spacial score (nSPS) is 42.9. The van der Waals surface area contributed by atoms with Gasteiger partial charge in [0.05, 0.1) is 18.1 Å². The first kappa shape index (κ1) is 21.0. The van der Waals surface area contributed by atoms with Crippen LogP contribution in [0.4, 0.5) is 0 Å². The number of rotatable bonds is 3. The summed E-state index contributed by atoms with van der Waals surface area (Å²) in [6.45, 7) is 9.45. The van der Waals surface area contributed by atoms with E-state index in [4.69, 9.17) is 14.2 Å². The first-order valence-corrected chi connectivity index (χ1v) is 12.1. The maximum atomic E-state index is 12.1. The van der Waals surface area contributed by atoms with Gasteiger partial charge in [-0.3, -0.25) is 0 Å². The van der Waals surface area contributed by atoms with Crippen LogP contribution < -0.4 is 9.47 Å². The van der Waals surface area contributed by atoms with Crippen LogP contribution in [0.5, 0.6) is 11.5 Å². The van der Waals surface area contributed by atoms with E-state index in [0.717, 1.165) is 37.3 Å². The lowest BCUT2D eigenvalue weighted by Crippen LogP contribution is -2.81. The molecule has 1 aromatic rings. The topological polar surface area (TPSA) is 51.2 Å². The molecule has 32 heavy (non-hydrogen) atoms. The van der Waals surface area contributed by atoms with E-state index < -0.39 is 11.2 Å². The number of hydrogen-bond acceptors (Lipinski definition) is 5. The van der Waals surface area contributed by atoms with Crippen molar-refractivity contribution in [2.45, 2.75) is 75.7 Å². The number of aliphatic hydroxyl groups is 1. The Hall–Kier alpha value is -1.56. The highest BCUT2D eigenvalue weighted by atomic mass is 16.6. The lowest BCUT2D eigenvalue weighted by atomic mass is 9.35. The van der Waals surface area contributed by atoms with Gasteiger partial charge in [0.25, 0.3) is 0 Å². The maximum Gasteiger partial charge on any atom is 0.166 e. The van der Waals surface area contributed by atoms with E-state index in [1.807, 2.05) is 6.92 Å². The molecule has 4 aliphatic carbocycles. The summed E-state index contributed by atoms with van der Waals surface area (Å²) in [4.78, 5) is 2.55. The lowest BCUT2D eigenvalue weighted by molar-refractivity contribution is -0.261. The number of nitrogens with zero attached hydrogens (tertiary/aromatic N) is 1. The molecule has 4 bridgehead atoms. The van der Waals surface area contributed by atoms with Crippen LogP contribution in [0, 0.1) is 16.7 Å². The molecule has 2 unspecified atom stereocenters. The molecule has 0 amide bonds. The SMILES string of the molecule is COc1ccc2c3c1O[C@H]1[C@]4(OC)C=CC5(C[C@@H]4C(C)(O)C(C)(C)C)[C@@H](C2)N(C)CC[C@]315. The molecule has 2 heterocycles. The minimum absolute atomic E-state index is 0.0843. The van der Waals surface area contributed by atoms with E-state index in [9.17, 15) is 5.11 Å². The molecule has 7 atom stereocenters. The Bertz CT molecular complexity index is 1030. The number of likely N-dealkylation sites (N-methyl/N-ethyl adjacent to an activating group) is 1. The van der Waals surface area contributed by atoms with Crippen LogP contribution in [0.15, 0.2) is 24.3 Å². The molecule has 2 aliphatic heterocycles. The number of benzene rings is 1. The van der Waals surface area contributed by atoms with Gasteiger partial charge in [0.15, 0.2) is 11.5 Å². The van der Waals surface area contributed by atoms with E-state index >= 15 is 0 Å². The zero-order valence-electron chi connectivity index (χ0n) is 20.5. The van der Waals surface area contributed by atoms with Gasteiger partial charge < -0.3 is 24.2 Å². The van der Waals surface area contributed by atoms with E-state index in [0.29, 0.717) is 6.04 Å². The Labute approximate surface area is 191 Å². The number of hydrogen-bond donors (Lipinski definition) is 1. The highest BCUT2D eigenvalue weighted by Crippen LogP contribution is 2.75. The Morgan fingerprint density at radius 1 is 1.16 bits per heavy atom. The lowest BCUT2D eigenvalue weighted by Gasteiger charge is -2.72. The van der Waals surface area contributed by atoms with Gasteiger partial charge in [0, 0.05) is 30.0 Å². The molecule has 0 radical (unpaired) electrons.